The molecule has 0 fully saturated rings. The normalized spacial score (nSPS) is 17.8. The molecule has 4 heteroatoms. The molecule has 3 rings (SSSR count). The van der Waals surface area contributed by atoms with Gasteiger partial charge in [-0.2, -0.15) is 0 Å². The Morgan fingerprint density at radius 3 is 2.75 bits per heavy atom. The number of carbonyl (C=O) groups excluding carboxylic acids is 1. The summed E-state index contributed by atoms with van der Waals surface area (Å²) in [6.45, 7) is 2.06. The molecule has 2 aromatic rings. The molecule has 24 heavy (non-hydrogen) atoms. The number of benzene rings is 2. The maximum atomic E-state index is 12.8. The fourth-order valence-corrected chi connectivity index (χ4v) is 4.26. The number of aryl methyl sites for hydroxylation is 1. The van der Waals surface area contributed by atoms with Crippen molar-refractivity contribution in [2.75, 3.05) is 0 Å². The van der Waals surface area contributed by atoms with Crippen molar-refractivity contribution in [3.05, 3.63) is 64.7 Å². The molecule has 0 radical (unpaired) electrons. The molecule has 0 spiro atoms. The van der Waals surface area contributed by atoms with Gasteiger partial charge in [-0.1, -0.05) is 42.8 Å². The molecule has 0 unspecified atom stereocenters. The lowest BCUT2D eigenvalue weighted by Gasteiger charge is -2.28. The minimum absolute atomic E-state index is 0.0831. The van der Waals surface area contributed by atoms with Crippen LogP contribution in [0.4, 0.5) is 0 Å². The first-order valence-corrected chi connectivity index (χ1v) is 9.73. The SMILES string of the molecule is CC[C@@H](Sc1ccc(Cl)cc1)C(=O)N[C@@H]1CCCc2ccccc21. The molecule has 2 nitrogen and oxygen atoms in total. The molecular weight excluding hydrogens is 338 g/mol. The van der Waals surface area contributed by atoms with Gasteiger partial charge in [0.1, 0.15) is 0 Å². The van der Waals surface area contributed by atoms with Crippen molar-refractivity contribution in [2.24, 2.45) is 0 Å². The van der Waals surface area contributed by atoms with Crippen molar-refractivity contribution in [1.82, 2.24) is 5.32 Å². The third kappa shape index (κ3) is 4.14. The van der Waals surface area contributed by atoms with Gasteiger partial charge in [0.15, 0.2) is 0 Å². The average Bonchev–Trinajstić information content (AvgIpc) is 2.61. The summed E-state index contributed by atoms with van der Waals surface area (Å²) < 4.78 is 0. The van der Waals surface area contributed by atoms with Crippen molar-refractivity contribution >= 4 is 29.3 Å². The van der Waals surface area contributed by atoms with E-state index in [-0.39, 0.29) is 17.2 Å². The van der Waals surface area contributed by atoms with E-state index in [0.29, 0.717) is 0 Å². The lowest BCUT2D eigenvalue weighted by atomic mass is 9.87. The van der Waals surface area contributed by atoms with Gasteiger partial charge in [0.05, 0.1) is 11.3 Å². The summed E-state index contributed by atoms with van der Waals surface area (Å²) in [6, 6.07) is 16.3. The van der Waals surface area contributed by atoms with Gasteiger partial charge in [0, 0.05) is 9.92 Å². The lowest BCUT2D eigenvalue weighted by Crippen LogP contribution is -2.36. The maximum Gasteiger partial charge on any atom is 0.233 e. The monoisotopic (exact) mass is 359 g/mol. The first-order chi connectivity index (χ1) is 11.7. The lowest BCUT2D eigenvalue weighted by molar-refractivity contribution is -0.121. The van der Waals surface area contributed by atoms with Crippen LogP contribution >= 0.6 is 23.4 Å². The molecule has 126 valence electrons. The third-order valence-corrected chi connectivity index (χ3v) is 6.07. The van der Waals surface area contributed by atoms with Crippen molar-refractivity contribution in [1.29, 1.82) is 0 Å². The van der Waals surface area contributed by atoms with Gasteiger partial charge in [-0.05, 0) is 61.1 Å². The second kappa shape index (κ2) is 8.09. The summed E-state index contributed by atoms with van der Waals surface area (Å²) >= 11 is 7.54. The second-order valence-corrected chi connectivity index (χ2v) is 7.83. The molecule has 1 N–H and O–H groups in total. The smallest absolute Gasteiger partial charge is 0.233 e. The fourth-order valence-electron chi connectivity index (χ4n) is 3.17. The fraction of sp³-hybridized carbons (Fsp3) is 0.350. The van der Waals surface area contributed by atoms with Crippen LogP contribution in [-0.2, 0) is 11.2 Å². The summed E-state index contributed by atoms with van der Waals surface area (Å²) in [5.41, 5.74) is 2.65. The van der Waals surface area contributed by atoms with Gasteiger partial charge in [-0.15, -0.1) is 11.8 Å². The molecule has 2 atom stereocenters. The van der Waals surface area contributed by atoms with Gasteiger partial charge in [0.25, 0.3) is 0 Å². The van der Waals surface area contributed by atoms with E-state index in [9.17, 15) is 4.79 Å². The minimum atomic E-state index is -0.0831. The zero-order valence-corrected chi connectivity index (χ0v) is 15.4. The van der Waals surface area contributed by atoms with E-state index in [0.717, 1.165) is 35.6 Å². The topological polar surface area (TPSA) is 29.1 Å². The van der Waals surface area contributed by atoms with Crippen LogP contribution in [0.2, 0.25) is 5.02 Å². The number of rotatable bonds is 5. The number of fused-ring (bicyclic) bond motifs is 1. The van der Waals surface area contributed by atoms with Crippen LogP contribution in [0.25, 0.3) is 0 Å². The molecule has 0 heterocycles. The Balaban J connectivity index is 1.68. The minimum Gasteiger partial charge on any atom is -0.348 e. The van der Waals surface area contributed by atoms with Gasteiger partial charge in [-0.25, -0.2) is 0 Å². The molecule has 2 aromatic carbocycles. The van der Waals surface area contributed by atoms with Crippen LogP contribution in [0.3, 0.4) is 0 Å². The molecule has 0 saturated heterocycles. The number of amides is 1. The van der Waals surface area contributed by atoms with E-state index < -0.39 is 0 Å². The molecule has 1 aliphatic rings. The molecule has 0 aliphatic heterocycles. The highest BCUT2D eigenvalue weighted by Crippen LogP contribution is 2.31. The Hall–Kier alpha value is -1.45. The summed E-state index contributed by atoms with van der Waals surface area (Å²) in [5.74, 6) is 0.124. The van der Waals surface area contributed by atoms with E-state index in [2.05, 4.69) is 36.5 Å². The number of halogens is 1. The summed E-state index contributed by atoms with van der Waals surface area (Å²) in [5, 5.41) is 3.91. The van der Waals surface area contributed by atoms with E-state index in [4.69, 9.17) is 11.6 Å². The highest BCUT2D eigenvalue weighted by Gasteiger charge is 2.25. The molecule has 1 amide bonds. The van der Waals surface area contributed by atoms with E-state index in [1.54, 1.807) is 11.8 Å². The quantitative estimate of drug-likeness (QED) is 0.723. The van der Waals surface area contributed by atoms with Crippen LogP contribution in [0, 0.1) is 0 Å². The van der Waals surface area contributed by atoms with Crippen molar-refractivity contribution in [3.8, 4) is 0 Å². The molecule has 1 aliphatic carbocycles. The number of thioether (sulfide) groups is 1. The number of carbonyl (C=O) groups is 1. The summed E-state index contributed by atoms with van der Waals surface area (Å²) in [6.07, 6.45) is 4.06. The number of nitrogens with one attached hydrogen (secondary N) is 1. The third-order valence-electron chi connectivity index (χ3n) is 4.44. The van der Waals surface area contributed by atoms with E-state index >= 15 is 0 Å². The second-order valence-electron chi connectivity index (χ2n) is 6.12. The summed E-state index contributed by atoms with van der Waals surface area (Å²) in [7, 11) is 0. The molecule has 0 saturated carbocycles. The van der Waals surface area contributed by atoms with Gasteiger partial charge >= 0.3 is 0 Å². The van der Waals surface area contributed by atoms with E-state index in [1.165, 1.54) is 11.1 Å². The average molecular weight is 360 g/mol. The number of hydrogen-bond donors (Lipinski definition) is 1. The Morgan fingerprint density at radius 1 is 1.25 bits per heavy atom. The van der Waals surface area contributed by atoms with Gasteiger partial charge in [0.2, 0.25) is 5.91 Å². The highest BCUT2D eigenvalue weighted by atomic mass is 35.5. The van der Waals surface area contributed by atoms with Crippen molar-refractivity contribution in [2.45, 2.75) is 48.8 Å². The molecule has 0 bridgehead atoms. The molecule has 0 aromatic heterocycles. The van der Waals surface area contributed by atoms with Gasteiger partial charge in [-0.3, -0.25) is 4.79 Å². The Bertz CT molecular complexity index is 701. The zero-order valence-electron chi connectivity index (χ0n) is 13.8. The van der Waals surface area contributed by atoms with Crippen LogP contribution in [-0.4, -0.2) is 11.2 Å². The standard InChI is InChI=1S/C20H22ClNOS/c1-2-19(24-16-12-10-15(21)11-13-16)20(23)22-18-9-5-7-14-6-3-4-8-17(14)18/h3-4,6,8,10-13,18-19H,2,5,7,9H2,1H3,(H,22,23)/t18-,19-/m1/s1. The summed E-state index contributed by atoms with van der Waals surface area (Å²) in [4.78, 5) is 13.8. The number of hydrogen-bond acceptors (Lipinski definition) is 2. The predicted octanol–water partition coefficient (Wildman–Crippen LogP) is 5.40. The Morgan fingerprint density at radius 2 is 2.00 bits per heavy atom. The van der Waals surface area contributed by atoms with Gasteiger partial charge < -0.3 is 5.32 Å². The van der Waals surface area contributed by atoms with Crippen LogP contribution in [0.5, 0.6) is 0 Å². The van der Waals surface area contributed by atoms with Crippen molar-refractivity contribution < 1.29 is 4.79 Å². The zero-order chi connectivity index (χ0) is 16.9. The first-order valence-electron chi connectivity index (χ1n) is 8.47. The van der Waals surface area contributed by atoms with Crippen LogP contribution in [0.15, 0.2) is 53.4 Å². The molecular formula is C20H22ClNOS. The van der Waals surface area contributed by atoms with Crippen LogP contribution < -0.4 is 5.32 Å². The van der Waals surface area contributed by atoms with Crippen molar-refractivity contribution in [3.63, 3.8) is 0 Å². The van der Waals surface area contributed by atoms with E-state index in [1.807, 2.05) is 24.3 Å². The first kappa shape index (κ1) is 17.4. The Kier molecular flexibility index (Phi) is 5.85. The van der Waals surface area contributed by atoms with Crippen LogP contribution in [0.1, 0.15) is 43.4 Å². The highest BCUT2D eigenvalue weighted by molar-refractivity contribution is 8.00. The maximum absolute atomic E-state index is 12.8. The Labute approximate surface area is 153 Å². The predicted molar refractivity (Wildman–Crippen MR) is 102 cm³/mol. The largest absolute Gasteiger partial charge is 0.348 e.